The molecule has 1 fully saturated rings. The lowest BCUT2D eigenvalue weighted by molar-refractivity contribution is -0.197. The topological polar surface area (TPSA) is 188 Å². The van der Waals surface area contributed by atoms with Gasteiger partial charge in [-0.05, 0) is 78.9 Å². The Bertz CT molecular complexity index is 2170. The summed E-state index contributed by atoms with van der Waals surface area (Å²) in [5.74, 6) is -1.71. The SMILES string of the molecule is C=C(/C=C/C=C/C=C/C=C1\N(CCCCCC(=O)ON2C(=O)CCC2=O)c2ccc(S(=O)(=O)O)cc2C1(C)C)C(C)(C)c1cc(S(=O)(=O)O)ccc1NCC.CC.CC.CC. The smallest absolute Gasteiger partial charge is 0.333 e. The third-order valence-corrected chi connectivity index (χ3v) is 11.5. The molecule has 15 heteroatoms. The molecule has 0 aromatic heterocycles. The van der Waals surface area contributed by atoms with Crippen LogP contribution >= 0.6 is 0 Å². The maximum atomic E-state index is 12.2. The van der Waals surface area contributed by atoms with Crippen molar-refractivity contribution in [2.45, 2.75) is 135 Å². The molecule has 0 bridgehead atoms. The van der Waals surface area contributed by atoms with Gasteiger partial charge in [-0.1, -0.05) is 119 Å². The first-order valence-electron chi connectivity index (χ1n) is 20.9. The molecule has 0 radical (unpaired) electrons. The van der Waals surface area contributed by atoms with Crippen molar-refractivity contribution in [3.05, 3.63) is 108 Å². The number of nitrogens with zero attached hydrogens (tertiary/aromatic N) is 2. The molecule has 0 saturated carbocycles. The maximum absolute atomic E-state index is 12.2. The van der Waals surface area contributed by atoms with Crippen molar-refractivity contribution in [1.29, 1.82) is 0 Å². The first-order chi connectivity index (χ1) is 28.7. The molecule has 4 rings (SSSR count). The van der Waals surface area contributed by atoms with E-state index in [1.807, 2.05) is 119 Å². The summed E-state index contributed by atoms with van der Waals surface area (Å²) >= 11 is 0. The standard InChI is InChI=1S/C40H49N3O10S2.3C2H6/c1-7-41-33-21-19-29(54(47,48)49)26-31(33)39(3,4)28(2)16-12-9-8-10-13-17-35-40(5,6)32-27-30(55(50,51)52)20-22-34(32)42(35)25-15-11-14-18-38(46)53-43-36(44)23-24-37(43)45;3*1-2/h8-10,12-13,16-17,19-22,26-27,41H,2,7,11,14-15,18,23-25H2,1,3-6H3,(H,47,48,49)(H,50,51,52);3*1-2H3/b9-8+,13-10+,16-12+,35-17-;;;. The van der Waals surface area contributed by atoms with Gasteiger partial charge in [-0.2, -0.15) is 16.8 Å². The minimum atomic E-state index is -4.43. The second-order valence-electron chi connectivity index (χ2n) is 14.3. The molecular weight excluding hydrogens is 819 g/mol. The van der Waals surface area contributed by atoms with E-state index >= 15 is 0 Å². The summed E-state index contributed by atoms with van der Waals surface area (Å²) in [6.45, 7) is 27.1. The number of fused-ring (bicyclic) bond motifs is 1. The van der Waals surface area contributed by atoms with E-state index in [1.165, 1.54) is 24.3 Å². The van der Waals surface area contributed by atoms with Crippen molar-refractivity contribution >= 4 is 49.4 Å². The van der Waals surface area contributed by atoms with Crippen molar-refractivity contribution in [1.82, 2.24) is 5.06 Å². The van der Waals surface area contributed by atoms with E-state index in [0.29, 0.717) is 48.6 Å². The Hall–Kier alpha value is -4.83. The number of benzene rings is 2. The first kappa shape index (κ1) is 54.2. The largest absolute Gasteiger partial charge is 0.385 e. The van der Waals surface area contributed by atoms with E-state index in [9.17, 15) is 40.3 Å². The summed E-state index contributed by atoms with van der Waals surface area (Å²) in [6, 6.07) is 8.96. The molecule has 2 aromatic carbocycles. The average molecular weight is 886 g/mol. The van der Waals surface area contributed by atoms with Crippen molar-refractivity contribution in [2.24, 2.45) is 0 Å². The summed E-state index contributed by atoms with van der Waals surface area (Å²) in [4.78, 5) is 42.4. The van der Waals surface area contributed by atoms with Gasteiger partial charge in [0.05, 0.1) is 9.79 Å². The van der Waals surface area contributed by atoms with Crippen LogP contribution in [0.3, 0.4) is 0 Å². The van der Waals surface area contributed by atoms with Crippen molar-refractivity contribution in [3.63, 3.8) is 0 Å². The molecule has 1 saturated heterocycles. The van der Waals surface area contributed by atoms with E-state index in [1.54, 1.807) is 12.1 Å². The van der Waals surface area contributed by atoms with Crippen LogP contribution in [0.15, 0.2) is 107 Å². The van der Waals surface area contributed by atoms with Crippen LogP contribution in [0.1, 0.15) is 126 Å². The number of hydrogen-bond donors (Lipinski definition) is 3. The summed E-state index contributed by atoms with van der Waals surface area (Å²) < 4.78 is 67.1. The molecule has 2 amide bonds. The monoisotopic (exact) mass is 885 g/mol. The zero-order chi connectivity index (χ0) is 46.8. The quantitative estimate of drug-likeness (QED) is 0.0591. The zero-order valence-electron chi connectivity index (χ0n) is 37.7. The second kappa shape index (κ2) is 24.6. The highest BCUT2D eigenvalue weighted by Gasteiger charge is 2.40. The molecule has 2 aliphatic heterocycles. The van der Waals surface area contributed by atoms with Gasteiger partial charge in [0.25, 0.3) is 32.1 Å². The third kappa shape index (κ3) is 14.7. The number of nitrogens with one attached hydrogen (secondary N) is 1. The Labute approximate surface area is 364 Å². The van der Waals surface area contributed by atoms with Gasteiger partial charge in [0.1, 0.15) is 0 Å². The molecule has 61 heavy (non-hydrogen) atoms. The number of carbonyl (C=O) groups excluding carboxylic acids is 3. The molecule has 13 nitrogen and oxygen atoms in total. The Morgan fingerprint density at radius 1 is 0.836 bits per heavy atom. The van der Waals surface area contributed by atoms with Crippen LogP contribution in [0.4, 0.5) is 11.4 Å². The molecule has 0 aliphatic carbocycles. The van der Waals surface area contributed by atoms with Gasteiger partial charge < -0.3 is 15.1 Å². The van der Waals surface area contributed by atoms with E-state index < -0.39 is 48.8 Å². The van der Waals surface area contributed by atoms with Crippen LogP contribution in [0.2, 0.25) is 0 Å². The number of hydrogen-bond acceptors (Lipinski definition) is 10. The Morgan fingerprint density at radius 3 is 1.95 bits per heavy atom. The number of unbranched alkanes of at least 4 members (excludes halogenated alkanes) is 2. The van der Waals surface area contributed by atoms with Gasteiger partial charge in [0.15, 0.2) is 0 Å². The summed E-state index contributed by atoms with van der Waals surface area (Å²) in [7, 11) is -8.83. The number of hydroxylamine groups is 2. The van der Waals surface area contributed by atoms with Crippen LogP contribution in [-0.4, -0.2) is 61.9 Å². The number of amides is 2. The van der Waals surface area contributed by atoms with Crippen LogP contribution in [0.25, 0.3) is 0 Å². The van der Waals surface area contributed by atoms with Crippen LogP contribution in [-0.2, 0) is 50.3 Å². The van der Waals surface area contributed by atoms with Gasteiger partial charge in [0, 0.05) is 60.3 Å². The minimum Gasteiger partial charge on any atom is -0.385 e. The van der Waals surface area contributed by atoms with Crippen LogP contribution in [0, 0.1) is 0 Å². The van der Waals surface area contributed by atoms with Crippen molar-refractivity contribution in [3.8, 4) is 0 Å². The fourth-order valence-corrected chi connectivity index (χ4v) is 7.53. The number of allylic oxidation sites excluding steroid dienone is 9. The van der Waals surface area contributed by atoms with E-state index in [4.69, 9.17) is 4.84 Å². The summed E-state index contributed by atoms with van der Waals surface area (Å²) in [6.07, 6.45) is 14.8. The zero-order valence-corrected chi connectivity index (χ0v) is 39.4. The predicted octanol–water partition coefficient (Wildman–Crippen LogP) is 10.0. The predicted molar refractivity (Wildman–Crippen MR) is 244 cm³/mol. The lowest BCUT2D eigenvalue weighted by Crippen LogP contribution is -2.32. The Balaban J connectivity index is 0.00000296. The third-order valence-electron chi connectivity index (χ3n) is 9.75. The van der Waals surface area contributed by atoms with Gasteiger partial charge in [-0.25, -0.2) is 4.79 Å². The molecule has 0 atom stereocenters. The number of anilines is 2. The normalized spacial score (nSPS) is 15.6. The summed E-state index contributed by atoms with van der Waals surface area (Å²) in [5, 5.41) is 3.78. The molecule has 0 spiro atoms. The molecule has 3 N–H and O–H groups in total. The lowest BCUT2D eigenvalue weighted by Gasteiger charge is -2.29. The second-order valence-corrected chi connectivity index (χ2v) is 17.2. The fourth-order valence-electron chi connectivity index (χ4n) is 6.51. The molecular formula is C46H67N3O10S2. The molecule has 2 aliphatic rings. The van der Waals surface area contributed by atoms with Crippen molar-refractivity contribution < 1.29 is 45.2 Å². The van der Waals surface area contributed by atoms with Crippen LogP contribution < -0.4 is 10.2 Å². The molecule has 338 valence electrons. The fraction of sp³-hybridized carbons (Fsp3) is 0.457. The summed E-state index contributed by atoms with van der Waals surface area (Å²) in [5.41, 5.74) is 3.18. The number of imide groups is 1. The maximum Gasteiger partial charge on any atom is 0.333 e. The highest BCUT2D eigenvalue weighted by molar-refractivity contribution is 7.86. The Morgan fingerprint density at radius 2 is 1.38 bits per heavy atom. The average Bonchev–Trinajstić information content (AvgIpc) is 3.64. The highest BCUT2D eigenvalue weighted by atomic mass is 32.2. The van der Waals surface area contributed by atoms with E-state index in [-0.39, 0.29) is 29.1 Å². The van der Waals surface area contributed by atoms with Gasteiger partial charge in [-0.15, -0.1) is 5.06 Å². The number of carbonyl (C=O) groups is 3. The van der Waals surface area contributed by atoms with E-state index in [0.717, 1.165) is 22.6 Å². The Kier molecular flexibility index (Phi) is 21.8. The van der Waals surface area contributed by atoms with Gasteiger partial charge >= 0.3 is 5.97 Å². The lowest BCUT2D eigenvalue weighted by atomic mass is 9.77. The minimum absolute atomic E-state index is 0.0260. The van der Waals surface area contributed by atoms with Gasteiger partial charge in [-0.3, -0.25) is 18.7 Å². The van der Waals surface area contributed by atoms with Gasteiger partial charge in [0.2, 0.25) is 0 Å². The van der Waals surface area contributed by atoms with Crippen molar-refractivity contribution in [2.75, 3.05) is 23.3 Å². The van der Waals surface area contributed by atoms with E-state index in [2.05, 4.69) is 16.8 Å². The highest BCUT2D eigenvalue weighted by Crippen LogP contribution is 2.48. The van der Waals surface area contributed by atoms with Crippen LogP contribution in [0.5, 0.6) is 0 Å². The molecule has 0 unspecified atom stereocenters. The molecule has 2 heterocycles. The first-order valence-corrected chi connectivity index (χ1v) is 23.8. The molecule has 2 aromatic rings. The number of rotatable bonds is 17.